The van der Waals surface area contributed by atoms with Gasteiger partial charge in [0.1, 0.15) is 0 Å². The van der Waals surface area contributed by atoms with E-state index in [4.69, 9.17) is 4.74 Å². The second-order valence-electron chi connectivity index (χ2n) is 7.36. The smallest absolute Gasteiger partial charge is 0.243 e. The van der Waals surface area contributed by atoms with E-state index in [1.165, 1.54) is 4.90 Å². The Balaban J connectivity index is 1.80. The molecule has 1 aromatic carbocycles. The predicted molar refractivity (Wildman–Crippen MR) is 111 cm³/mol. The van der Waals surface area contributed by atoms with Gasteiger partial charge in [-0.1, -0.05) is 25.1 Å². The molecule has 156 valence electrons. The Bertz CT molecular complexity index is 646. The van der Waals surface area contributed by atoms with Crippen LogP contribution in [0.3, 0.4) is 0 Å². The summed E-state index contributed by atoms with van der Waals surface area (Å²) in [5.74, 6) is -0.233. The first-order chi connectivity index (χ1) is 13.4. The van der Waals surface area contributed by atoms with Crippen molar-refractivity contribution in [3.63, 3.8) is 0 Å². The highest BCUT2D eigenvalue weighted by atomic mass is 16.5. The third kappa shape index (κ3) is 6.58. The third-order valence-corrected chi connectivity index (χ3v) is 5.32. The lowest BCUT2D eigenvalue weighted by Gasteiger charge is -2.31. The highest BCUT2D eigenvalue weighted by Crippen LogP contribution is 2.15. The van der Waals surface area contributed by atoms with E-state index < -0.39 is 0 Å². The summed E-state index contributed by atoms with van der Waals surface area (Å²) in [7, 11) is 3.63. The molecule has 1 aromatic rings. The number of anilines is 1. The van der Waals surface area contributed by atoms with Crippen molar-refractivity contribution in [1.29, 1.82) is 0 Å². The molecule has 1 heterocycles. The molecule has 1 unspecified atom stereocenters. The molecule has 1 aliphatic rings. The van der Waals surface area contributed by atoms with Crippen LogP contribution < -0.4 is 5.32 Å². The van der Waals surface area contributed by atoms with Crippen molar-refractivity contribution < 1.29 is 14.3 Å². The molecule has 1 atom stereocenters. The number of ether oxygens (including phenoxy) is 1. The molecule has 7 nitrogen and oxygen atoms in total. The number of para-hydroxylation sites is 1. The van der Waals surface area contributed by atoms with E-state index in [0.717, 1.165) is 57.1 Å². The first-order valence-electron chi connectivity index (χ1n) is 10.1. The number of likely N-dealkylation sites (N-methyl/N-ethyl adjacent to an activating group) is 2. The monoisotopic (exact) mass is 390 g/mol. The van der Waals surface area contributed by atoms with Crippen molar-refractivity contribution in [3.05, 3.63) is 29.8 Å². The van der Waals surface area contributed by atoms with Gasteiger partial charge in [-0.25, -0.2) is 0 Å². The summed E-state index contributed by atoms with van der Waals surface area (Å²) in [6.45, 7) is 9.13. The number of carbonyl (C=O) groups excluding carboxylic acids is 2. The number of aryl methyl sites for hydroxylation is 1. The number of carbonyl (C=O) groups is 2. The third-order valence-electron chi connectivity index (χ3n) is 5.32. The standard InChI is InChI=1S/C21H34N4O3/c1-5-18-8-6-7-9-19(18)22-20(26)16-24(4)21(27)17(2)23(3)10-11-25-12-14-28-15-13-25/h6-9,17H,5,10-16H2,1-4H3,(H,22,26). The molecule has 2 amide bonds. The van der Waals surface area contributed by atoms with Gasteiger partial charge in [0.05, 0.1) is 25.8 Å². The maximum absolute atomic E-state index is 12.7. The van der Waals surface area contributed by atoms with E-state index in [1.54, 1.807) is 7.05 Å². The summed E-state index contributed by atoms with van der Waals surface area (Å²) in [6.07, 6.45) is 0.843. The van der Waals surface area contributed by atoms with Crippen LogP contribution in [0.4, 0.5) is 5.69 Å². The van der Waals surface area contributed by atoms with Crippen LogP contribution in [0.1, 0.15) is 19.4 Å². The van der Waals surface area contributed by atoms with E-state index in [1.807, 2.05) is 43.1 Å². The molecule has 2 rings (SSSR count). The fourth-order valence-electron chi connectivity index (χ4n) is 3.26. The zero-order valence-electron chi connectivity index (χ0n) is 17.6. The van der Waals surface area contributed by atoms with Gasteiger partial charge < -0.3 is 15.0 Å². The highest BCUT2D eigenvalue weighted by Gasteiger charge is 2.23. The molecule has 0 spiro atoms. The second-order valence-corrected chi connectivity index (χ2v) is 7.36. The van der Waals surface area contributed by atoms with Crippen molar-refractivity contribution in [2.24, 2.45) is 0 Å². The van der Waals surface area contributed by atoms with Gasteiger partial charge in [-0.2, -0.15) is 0 Å². The zero-order chi connectivity index (χ0) is 20.5. The fourth-order valence-corrected chi connectivity index (χ4v) is 3.26. The molecular formula is C21H34N4O3. The van der Waals surface area contributed by atoms with E-state index in [2.05, 4.69) is 17.1 Å². The van der Waals surface area contributed by atoms with Crippen LogP contribution in [0.5, 0.6) is 0 Å². The van der Waals surface area contributed by atoms with E-state index >= 15 is 0 Å². The quantitative estimate of drug-likeness (QED) is 0.689. The van der Waals surface area contributed by atoms with E-state index in [-0.39, 0.29) is 24.4 Å². The van der Waals surface area contributed by atoms with E-state index in [0.29, 0.717) is 0 Å². The average molecular weight is 391 g/mol. The van der Waals surface area contributed by atoms with Crippen LogP contribution in [-0.4, -0.2) is 92.6 Å². The highest BCUT2D eigenvalue weighted by molar-refractivity contribution is 5.95. The van der Waals surface area contributed by atoms with Gasteiger partial charge in [-0.15, -0.1) is 0 Å². The largest absolute Gasteiger partial charge is 0.379 e. The minimum atomic E-state index is -0.276. The number of morpholine rings is 1. The van der Waals surface area contributed by atoms with Gasteiger partial charge in [0.25, 0.3) is 0 Å². The Morgan fingerprint density at radius 2 is 1.89 bits per heavy atom. The van der Waals surface area contributed by atoms with Gasteiger partial charge >= 0.3 is 0 Å². The Morgan fingerprint density at radius 3 is 2.57 bits per heavy atom. The van der Waals surface area contributed by atoms with Gasteiger partial charge in [-0.05, 0) is 32.0 Å². The minimum absolute atomic E-state index is 0.0402. The summed E-state index contributed by atoms with van der Waals surface area (Å²) < 4.78 is 5.36. The van der Waals surface area contributed by atoms with Gasteiger partial charge in [0, 0.05) is 38.9 Å². The summed E-state index contributed by atoms with van der Waals surface area (Å²) in [5, 5.41) is 2.92. The molecule has 0 aromatic heterocycles. The number of hydrogen-bond donors (Lipinski definition) is 1. The van der Waals surface area contributed by atoms with Crippen molar-refractivity contribution in [2.75, 3.05) is 65.3 Å². The van der Waals surface area contributed by atoms with Crippen LogP contribution >= 0.6 is 0 Å². The topological polar surface area (TPSA) is 65.1 Å². The molecule has 0 aliphatic carbocycles. The van der Waals surface area contributed by atoms with Crippen LogP contribution in [0.2, 0.25) is 0 Å². The van der Waals surface area contributed by atoms with Crippen molar-refractivity contribution in [2.45, 2.75) is 26.3 Å². The molecule has 0 saturated carbocycles. The molecular weight excluding hydrogens is 356 g/mol. The summed E-state index contributed by atoms with van der Waals surface area (Å²) in [6, 6.07) is 7.46. The Labute approximate surface area is 168 Å². The Morgan fingerprint density at radius 1 is 1.21 bits per heavy atom. The van der Waals surface area contributed by atoms with Crippen LogP contribution in [0.25, 0.3) is 0 Å². The maximum atomic E-state index is 12.7. The van der Waals surface area contributed by atoms with Crippen molar-refractivity contribution in [1.82, 2.24) is 14.7 Å². The van der Waals surface area contributed by atoms with Gasteiger partial charge in [0.15, 0.2) is 0 Å². The molecule has 1 N–H and O–H groups in total. The number of benzene rings is 1. The number of nitrogens with zero attached hydrogens (tertiary/aromatic N) is 3. The van der Waals surface area contributed by atoms with Crippen LogP contribution in [-0.2, 0) is 20.7 Å². The van der Waals surface area contributed by atoms with Gasteiger partial charge in [0.2, 0.25) is 11.8 Å². The lowest BCUT2D eigenvalue weighted by molar-refractivity contribution is -0.137. The lowest BCUT2D eigenvalue weighted by Crippen LogP contribution is -2.49. The van der Waals surface area contributed by atoms with Crippen LogP contribution in [0, 0.1) is 0 Å². The average Bonchev–Trinajstić information content (AvgIpc) is 2.71. The maximum Gasteiger partial charge on any atom is 0.243 e. The Hall–Kier alpha value is -1.96. The zero-order valence-corrected chi connectivity index (χ0v) is 17.6. The first-order valence-corrected chi connectivity index (χ1v) is 10.1. The molecule has 0 bridgehead atoms. The molecule has 0 radical (unpaired) electrons. The molecule has 1 fully saturated rings. The molecule has 28 heavy (non-hydrogen) atoms. The predicted octanol–water partition coefficient (Wildman–Crippen LogP) is 1.30. The summed E-state index contributed by atoms with van der Waals surface area (Å²) >= 11 is 0. The first kappa shape index (κ1) is 22.3. The Kier molecular flexibility index (Phi) is 8.89. The summed E-state index contributed by atoms with van der Waals surface area (Å²) in [5.41, 5.74) is 1.90. The van der Waals surface area contributed by atoms with Crippen molar-refractivity contribution >= 4 is 17.5 Å². The second kappa shape index (κ2) is 11.1. The molecule has 7 heteroatoms. The number of rotatable bonds is 9. The fraction of sp³-hybridized carbons (Fsp3) is 0.619. The summed E-state index contributed by atoms with van der Waals surface area (Å²) in [4.78, 5) is 31.0. The molecule has 1 aliphatic heterocycles. The molecule has 1 saturated heterocycles. The minimum Gasteiger partial charge on any atom is -0.379 e. The lowest BCUT2D eigenvalue weighted by atomic mass is 10.1. The van der Waals surface area contributed by atoms with Crippen LogP contribution in [0.15, 0.2) is 24.3 Å². The number of hydrogen-bond acceptors (Lipinski definition) is 5. The SMILES string of the molecule is CCc1ccccc1NC(=O)CN(C)C(=O)C(C)N(C)CCN1CCOCC1. The van der Waals surface area contributed by atoms with Gasteiger partial charge in [-0.3, -0.25) is 19.4 Å². The number of nitrogens with one attached hydrogen (secondary N) is 1. The normalized spacial score (nSPS) is 16.0. The number of amides is 2. The van der Waals surface area contributed by atoms with Crippen molar-refractivity contribution in [3.8, 4) is 0 Å². The van der Waals surface area contributed by atoms with E-state index in [9.17, 15) is 9.59 Å².